The van der Waals surface area contributed by atoms with Crippen molar-refractivity contribution in [3.05, 3.63) is 76.0 Å². The third kappa shape index (κ3) is 3.57. The Hall–Kier alpha value is -3.19. The topological polar surface area (TPSA) is 57.8 Å². The quantitative estimate of drug-likeness (QED) is 0.462. The van der Waals surface area contributed by atoms with E-state index in [1.54, 1.807) is 24.8 Å². The van der Waals surface area contributed by atoms with E-state index in [4.69, 9.17) is 14.8 Å². The van der Waals surface area contributed by atoms with Crippen LogP contribution in [0.15, 0.2) is 48.2 Å². The Morgan fingerprint density at radius 3 is 2.93 bits per heavy atom. The predicted octanol–water partition coefficient (Wildman–Crippen LogP) is 4.94. The molecule has 1 aliphatic rings. The molecule has 0 amide bonds. The van der Waals surface area contributed by atoms with E-state index >= 15 is 0 Å². The summed E-state index contributed by atoms with van der Waals surface area (Å²) < 4.78 is 9.64. The summed E-state index contributed by atoms with van der Waals surface area (Å²) in [4.78, 5) is 10.5. The minimum absolute atomic E-state index is 0.353. The van der Waals surface area contributed by atoms with Crippen molar-refractivity contribution in [1.82, 2.24) is 24.3 Å². The number of aryl methyl sites for hydroxylation is 2. The first-order valence-corrected chi connectivity index (χ1v) is 10.9. The minimum atomic E-state index is 0.353. The highest BCUT2D eigenvalue weighted by Gasteiger charge is 2.25. The van der Waals surface area contributed by atoms with Crippen molar-refractivity contribution in [1.29, 1.82) is 0 Å². The Kier molecular flexibility index (Phi) is 4.96. The lowest BCUT2D eigenvalue weighted by Gasteiger charge is -2.20. The summed E-state index contributed by atoms with van der Waals surface area (Å²) in [7, 11) is 1.69. The van der Waals surface area contributed by atoms with Gasteiger partial charge in [0.05, 0.1) is 30.7 Å². The van der Waals surface area contributed by atoms with Gasteiger partial charge in [0, 0.05) is 17.6 Å². The van der Waals surface area contributed by atoms with Crippen LogP contribution in [-0.4, -0.2) is 31.4 Å². The molecule has 1 aliphatic heterocycles. The van der Waals surface area contributed by atoms with Crippen LogP contribution in [0.5, 0.6) is 5.75 Å². The average molecular weight is 418 g/mol. The first-order valence-electron chi connectivity index (χ1n) is 10.1. The predicted molar refractivity (Wildman–Crippen MR) is 119 cm³/mol. The molecule has 4 aromatic rings. The number of benzene rings is 1. The Labute approximate surface area is 179 Å². The number of fused-ring (bicyclic) bond motifs is 1. The van der Waals surface area contributed by atoms with Gasteiger partial charge in [-0.05, 0) is 55.0 Å². The van der Waals surface area contributed by atoms with Crippen LogP contribution >= 0.6 is 11.3 Å². The Bertz CT molecular complexity index is 1190. The number of nitrogens with zero attached hydrogens (tertiary/aromatic N) is 5. The molecule has 30 heavy (non-hydrogen) atoms. The van der Waals surface area contributed by atoms with Crippen molar-refractivity contribution >= 4 is 23.5 Å². The smallest absolute Gasteiger partial charge is 0.174 e. The fourth-order valence-corrected chi connectivity index (χ4v) is 4.79. The van der Waals surface area contributed by atoms with Crippen LogP contribution in [0.4, 0.5) is 0 Å². The lowest BCUT2D eigenvalue weighted by molar-refractivity contribution is 0.413. The fourth-order valence-electron chi connectivity index (χ4n) is 3.93. The third-order valence-corrected chi connectivity index (χ3v) is 6.38. The van der Waals surface area contributed by atoms with E-state index in [1.165, 1.54) is 4.88 Å². The molecule has 0 unspecified atom stereocenters. The van der Waals surface area contributed by atoms with Crippen LogP contribution in [0.1, 0.15) is 46.5 Å². The lowest BCUT2D eigenvalue weighted by Crippen LogP contribution is -2.17. The summed E-state index contributed by atoms with van der Waals surface area (Å²) in [6.07, 6.45) is 10.1. The molecule has 1 aromatic carbocycles. The number of ether oxygens (including phenoxy) is 1. The number of aromatic nitrogens is 5. The molecule has 0 fully saturated rings. The van der Waals surface area contributed by atoms with E-state index in [1.807, 2.05) is 42.0 Å². The second kappa shape index (κ2) is 7.91. The highest BCUT2D eigenvalue weighted by atomic mass is 32.1. The molecule has 1 atom stereocenters. The summed E-state index contributed by atoms with van der Waals surface area (Å²) in [5, 5.41) is 6.85. The van der Waals surface area contributed by atoms with Gasteiger partial charge in [-0.2, -0.15) is 5.10 Å². The number of imidazole rings is 1. The van der Waals surface area contributed by atoms with Crippen molar-refractivity contribution in [3.8, 4) is 11.4 Å². The van der Waals surface area contributed by atoms with Crippen LogP contribution in [0.25, 0.3) is 17.8 Å². The van der Waals surface area contributed by atoms with Gasteiger partial charge < -0.3 is 9.30 Å². The molecule has 0 spiro atoms. The summed E-state index contributed by atoms with van der Waals surface area (Å²) in [5.74, 6) is 2.98. The number of hydrogen-bond donors (Lipinski definition) is 0. The summed E-state index contributed by atoms with van der Waals surface area (Å²) >= 11 is 1.80. The maximum atomic E-state index is 5.61. The maximum absolute atomic E-state index is 5.61. The Balaban J connectivity index is 1.41. The molecule has 152 valence electrons. The SMILES string of the molecule is COc1cc(C=Cc2nc3n(n2)CCC[C@@H]3c2cccs2)ccc1-n1cnc(C)c1. The van der Waals surface area contributed by atoms with E-state index in [2.05, 4.69) is 33.2 Å². The van der Waals surface area contributed by atoms with E-state index in [0.717, 1.165) is 53.7 Å². The van der Waals surface area contributed by atoms with Crippen molar-refractivity contribution in [3.63, 3.8) is 0 Å². The number of methoxy groups -OCH3 is 1. The molecule has 4 heterocycles. The molecule has 0 bridgehead atoms. The zero-order chi connectivity index (χ0) is 20.5. The van der Waals surface area contributed by atoms with Crippen LogP contribution in [-0.2, 0) is 6.54 Å². The molecule has 0 saturated heterocycles. The standard InChI is InChI=1S/C23H23N5OS/c1-16-14-27(15-24-16)19-9-7-17(13-20(19)29-2)8-10-22-25-23-18(21-6-4-12-30-21)5-3-11-28(23)26-22/h4,6-10,12-15,18H,3,5,11H2,1-2H3/t18-/m1/s1. The normalized spacial score (nSPS) is 16.1. The van der Waals surface area contributed by atoms with Crippen molar-refractivity contribution in [2.45, 2.75) is 32.2 Å². The molecule has 6 nitrogen and oxygen atoms in total. The Morgan fingerprint density at radius 1 is 1.23 bits per heavy atom. The third-order valence-electron chi connectivity index (χ3n) is 5.40. The average Bonchev–Trinajstić information content (AvgIpc) is 3.52. The van der Waals surface area contributed by atoms with Gasteiger partial charge in [-0.3, -0.25) is 0 Å². The first-order chi connectivity index (χ1) is 14.7. The van der Waals surface area contributed by atoms with Gasteiger partial charge in [0.2, 0.25) is 0 Å². The van der Waals surface area contributed by atoms with Gasteiger partial charge in [0.25, 0.3) is 0 Å². The van der Waals surface area contributed by atoms with Gasteiger partial charge in [-0.1, -0.05) is 18.2 Å². The van der Waals surface area contributed by atoms with Crippen LogP contribution in [0, 0.1) is 6.92 Å². The van der Waals surface area contributed by atoms with Gasteiger partial charge in [0.15, 0.2) is 5.82 Å². The fraction of sp³-hybridized carbons (Fsp3) is 0.261. The molecule has 0 N–H and O–H groups in total. The highest BCUT2D eigenvalue weighted by molar-refractivity contribution is 7.10. The summed E-state index contributed by atoms with van der Waals surface area (Å²) in [5.41, 5.74) is 2.97. The number of rotatable bonds is 5. The van der Waals surface area contributed by atoms with Crippen LogP contribution < -0.4 is 4.74 Å². The zero-order valence-corrected chi connectivity index (χ0v) is 17.8. The number of thiophene rings is 1. The van der Waals surface area contributed by atoms with Crippen molar-refractivity contribution < 1.29 is 4.74 Å². The molecular weight excluding hydrogens is 394 g/mol. The van der Waals surface area contributed by atoms with Gasteiger partial charge in [0.1, 0.15) is 11.6 Å². The molecule has 3 aromatic heterocycles. The second-order valence-corrected chi connectivity index (χ2v) is 8.43. The zero-order valence-electron chi connectivity index (χ0n) is 17.0. The van der Waals surface area contributed by atoms with Gasteiger partial charge in [-0.25, -0.2) is 14.6 Å². The van der Waals surface area contributed by atoms with E-state index in [0.29, 0.717) is 5.92 Å². The molecule has 5 rings (SSSR count). The van der Waals surface area contributed by atoms with E-state index in [9.17, 15) is 0 Å². The van der Waals surface area contributed by atoms with Crippen LogP contribution in [0.2, 0.25) is 0 Å². The lowest BCUT2D eigenvalue weighted by atomic mass is 9.97. The highest BCUT2D eigenvalue weighted by Crippen LogP contribution is 2.34. The molecule has 7 heteroatoms. The van der Waals surface area contributed by atoms with Gasteiger partial charge in [-0.15, -0.1) is 11.3 Å². The van der Waals surface area contributed by atoms with Crippen molar-refractivity contribution in [2.75, 3.05) is 7.11 Å². The summed E-state index contributed by atoms with van der Waals surface area (Å²) in [6, 6.07) is 10.4. The minimum Gasteiger partial charge on any atom is -0.495 e. The molecule has 0 saturated carbocycles. The van der Waals surface area contributed by atoms with E-state index < -0.39 is 0 Å². The molecular formula is C23H23N5OS. The second-order valence-electron chi connectivity index (χ2n) is 7.45. The first kappa shape index (κ1) is 18.8. The Morgan fingerprint density at radius 2 is 2.17 bits per heavy atom. The molecule has 0 radical (unpaired) electrons. The summed E-state index contributed by atoms with van der Waals surface area (Å²) in [6.45, 7) is 2.91. The van der Waals surface area contributed by atoms with Crippen molar-refractivity contribution in [2.24, 2.45) is 0 Å². The maximum Gasteiger partial charge on any atom is 0.174 e. The van der Waals surface area contributed by atoms with E-state index in [-0.39, 0.29) is 0 Å². The number of hydrogen-bond acceptors (Lipinski definition) is 5. The van der Waals surface area contributed by atoms with Crippen LogP contribution in [0.3, 0.4) is 0 Å². The van der Waals surface area contributed by atoms with Gasteiger partial charge >= 0.3 is 0 Å². The largest absolute Gasteiger partial charge is 0.495 e. The monoisotopic (exact) mass is 417 g/mol. The molecule has 0 aliphatic carbocycles.